The Morgan fingerprint density at radius 3 is 2.20 bits per heavy atom. The fourth-order valence-electron chi connectivity index (χ4n) is 4.92. The van der Waals surface area contributed by atoms with Crippen molar-refractivity contribution in [3.8, 4) is 0 Å². The summed E-state index contributed by atoms with van der Waals surface area (Å²) in [6.45, 7) is 9.87. The molecule has 46 heavy (non-hydrogen) atoms. The monoisotopic (exact) mass is 652 g/mol. The van der Waals surface area contributed by atoms with Gasteiger partial charge in [-0.05, 0) is 69.9 Å². The zero-order chi connectivity index (χ0) is 33.9. The van der Waals surface area contributed by atoms with Crippen LogP contribution in [0, 0.1) is 13.8 Å². The SMILES string of the molecule is Cc1[nH]c2ccc(CNC(=O)[C@H](Cc3ccccc3)NC(=O)[C@H](CCC(=O)NC(C)(C)C)NC(=O)CCNC(=O)CCl)cc2c1C. The molecule has 3 aromatic rings. The first-order valence-corrected chi connectivity index (χ1v) is 15.9. The van der Waals surface area contributed by atoms with E-state index in [0.29, 0.717) is 0 Å². The number of amides is 5. The van der Waals surface area contributed by atoms with Gasteiger partial charge in [-0.15, -0.1) is 11.6 Å². The summed E-state index contributed by atoms with van der Waals surface area (Å²) in [6.07, 6.45) is 0.0829. The number of H-pyrrole nitrogens is 1. The molecule has 248 valence electrons. The largest absolute Gasteiger partial charge is 0.358 e. The minimum absolute atomic E-state index is 0.00263. The van der Waals surface area contributed by atoms with Crippen LogP contribution in [0.4, 0.5) is 0 Å². The van der Waals surface area contributed by atoms with Gasteiger partial charge < -0.3 is 31.6 Å². The van der Waals surface area contributed by atoms with E-state index in [9.17, 15) is 24.0 Å². The Kier molecular flexibility index (Phi) is 13.2. The van der Waals surface area contributed by atoms with Crippen LogP contribution < -0.4 is 26.6 Å². The Morgan fingerprint density at radius 1 is 0.804 bits per heavy atom. The second-order valence-electron chi connectivity index (χ2n) is 12.4. The van der Waals surface area contributed by atoms with Gasteiger partial charge in [0, 0.05) is 54.5 Å². The number of aromatic nitrogens is 1. The van der Waals surface area contributed by atoms with Gasteiger partial charge in [0.2, 0.25) is 29.5 Å². The highest BCUT2D eigenvalue weighted by molar-refractivity contribution is 6.27. The Labute approximate surface area is 275 Å². The number of carbonyl (C=O) groups excluding carboxylic acids is 5. The van der Waals surface area contributed by atoms with Crippen molar-refractivity contribution in [2.24, 2.45) is 0 Å². The molecule has 0 aliphatic carbocycles. The Morgan fingerprint density at radius 2 is 1.52 bits per heavy atom. The number of carbonyl (C=O) groups is 5. The van der Waals surface area contributed by atoms with Crippen LogP contribution in [0.1, 0.15) is 62.4 Å². The zero-order valence-corrected chi connectivity index (χ0v) is 27.9. The van der Waals surface area contributed by atoms with Crippen molar-refractivity contribution in [1.82, 2.24) is 31.6 Å². The molecule has 0 radical (unpaired) electrons. The summed E-state index contributed by atoms with van der Waals surface area (Å²) in [5.74, 6) is -2.43. The lowest BCUT2D eigenvalue weighted by Gasteiger charge is -2.24. The second-order valence-corrected chi connectivity index (χ2v) is 12.7. The van der Waals surface area contributed by atoms with E-state index in [-0.39, 0.29) is 50.6 Å². The molecule has 0 aliphatic heterocycles. The van der Waals surface area contributed by atoms with Crippen molar-refractivity contribution in [2.75, 3.05) is 12.4 Å². The van der Waals surface area contributed by atoms with Crippen LogP contribution in [0.5, 0.6) is 0 Å². The molecular formula is C34H45ClN6O5. The maximum Gasteiger partial charge on any atom is 0.243 e. The molecule has 0 aliphatic rings. The lowest BCUT2D eigenvalue weighted by molar-refractivity contribution is -0.133. The Hall–Kier alpha value is -4.38. The lowest BCUT2D eigenvalue weighted by Crippen LogP contribution is -2.54. The van der Waals surface area contributed by atoms with Crippen LogP contribution in [-0.4, -0.2) is 64.6 Å². The van der Waals surface area contributed by atoms with Gasteiger partial charge in [0.15, 0.2) is 0 Å². The predicted octanol–water partition coefficient (Wildman–Crippen LogP) is 3.05. The van der Waals surface area contributed by atoms with Crippen LogP contribution in [0.2, 0.25) is 0 Å². The number of rotatable bonds is 15. The minimum atomic E-state index is -1.10. The van der Waals surface area contributed by atoms with Gasteiger partial charge in [0.1, 0.15) is 18.0 Å². The van der Waals surface area contributed by atoms with Crippen molar-refractivity contribution < 1.29 is 24.0 Å². The number of alkyl halides is 1. The number of hydrogen-bond donors (Lipinski definition) is 6. The number of aryl methyl sites for hydroxylation is 2. The highest BCUT2D eigenvalue weighted by Crippen LogP contribution is 2.22. The molecule has 1 aromatic heterocycles. The maximum absolute atomic E-state index is 13.6. The molecule has 0 spiro atoms. The first-order chi connectivity index (χ1) is 21.8. The van der Waals surface area contributed by atoms with Gasteiger partial charge in [0.05, 0.1) is 0 Å². The molecule has 3 rings (SSSR count). The van der Waals surface area contributed by atoms with Gasteiger partial charge >= 0.3 is 0 Å². The molecule has 0 bridgehead atoms. The number of halogens is 1. The molecular weight excluding hydrogens is 608 g/mol. The summed E-state index contributed by atoms with van der Waals surface area (Å²) >= 11 is 5.49. The first kappa shape index (κ1) is 36.1. The highest BCUT2D eigenvalue weighted by Gasteiger charge is 2.28. The average molecular weight is 653 g/mol. The van der Waals surface area contributed by atoms with E-state index in [2.05, 4.69) is 31.6 Å². The molecule has 0 saturated heterocycles. The predicted molar refractivity (Wildman–Crippen MR) is 179 cm³/mol. The van der Waals surface area contributed by atoms with Crippen molar-refractivity contribution >= 4 is 52.0 Å². The van der Waals surface area contributed by atoms with Crippen LogP contribution in [0.3, 0.4) is 0 Å². The van der Waals surface area contributed by atoms with E-state index in [1.54, 1.807) is 0 Å². The number of fused-ring (bicyclic) bond motifs is 1. The third-order valence-corrected chi connectivity index (χ3v) is 7.62. The van der Waals surface area contributed by atoms with Crippen molar-refractivity contribution in [1.29, 1.82) is 0 Å². The van der Waals surface area contributed by atoms with E-state index in [4.69, 9.17) is 11.6 Å². The van der Waals surface area contributed by atoms with Crippen LogP contribution >= 0.6 is 11.6 Å². The number of nitrogens with one attached hydrogen (secondary N) is 6. The molecule has 2 aromatic carbocycles. The summed E-state index contributed by atoms with van der Waals surface area (Å²) in [6, 6.07) is 13.2. The van der Waals surface area contributed by atoms with E-state index in [0.717, 1.165) is 33.3 Å². The summed E-state index contributed by atoms with van der Waals surface area (Å²) in [5.41, 5.74) is 4.51. The maximum atomic E-state index is 13.6. The number of hydrogen-bond acceptors (Lipinski definition) is 5. The standard InChI is InChI=1S/C34H45ClN6O5/c1-21-22(2)38-26-12-11-24(17-25(21)26)20-37-32(45)28(18-23-9-7-6-8-10-23)40-33(46)27(13-14-30(43)41-34(3,4)5)39-29(42)15-16-36-31(44)19-35/h6-12,17,27-28,38H,13-16,18-20H2,1-5H3,(H,36,44)(H,37,45)(H,39,42)(H,40,46)(H,41,43)/t27-,28-/m0/s1. The van der Waals surface area contributed by atoms with E-state index >= 15 is 0 Å². The molecule has 1 heterocycles. The van der Waals surface area contributed by atoms with Crippen molar-refractivity contribution in [3.05, 3.63) is 70.9 Å². The summed E-state index contributed by atoms with van der Waals surface area (Å²) in [5, 5.41) is 14.9. The smallest absolute Gasteiger partial charge is 0.243 e. The number of aromatic amines is 1. The Balaban J connectivity index is 1.75. The molecule has 0 fully saturated rings. The zero-order valence-electron chi connectivity index (χ0n) is 27.1. The normalized spacial score (nSPS) is 12.6. The molecule has 0 saturated carbocycles. The molecule has 11 nitrogen and oxygen atoms in total. The molecule has 12 heteroatoms. The third kappa shape index (κ3) is 11.5. The summed E-state index contributed by atoms with van der Waals surface area (Å²) in [4.78, 5) is 67.3. The molecule has 0 unspecified atom stereocenters. The first-order valence-electron chi connectivity index (χ1n) is 15.4. The van der Waals surface area contributed by atoms with Gasteiger partial charge in [-0.3, -0.25) is 24.0 Å². The Bertz CT molecular complexity index is 1530. The fraction of sp³-hybridized carbons (Fsp3) is 0.441. The third-order valence-electron chi connectivity index (χ3n) is 7.38. The molecule has 2 atom stereocenters. The van der Waals surface area contributed by atoms with Crippen molar-refractivity contribution in [2.45, 2.75) is 84.5 Å². The summed E-state index contributed by atoms with van der Waals surface area (Å²) in [7, 11) is 0. The minimum Gasteiger partial charge on any atom is -0.358 e. The van der Waals surface area contributed by atoms with E-state index in [1.807, 2.05) is 83.1 Å². The van der Waals surface area contributed by atoms with Crippen LogP contribution in [0.15, 0.2) is 48.5 Å². The number of benzene rings is 2. The summed E-state index contributed by atoms with van der Waals surface area (Å²) < 4.78 is 0. The quantitative estimate of drug-likeness (QED) is 0.139. The second kappa shape index (κ2) is 16.8. The van der Waals surface area contributed by atoms with Crippen LogP contribution in [-0.2, 0) is 36.9 Å². The molecule has 5 amide bonds. The van der Waals surface area contributed by atoms with E-state index < -0.39 is 41.3 Å². The highest BCUT2D eigenvalue weighted by atomic mass is 35.5. The lowest BCUT2D eigenvalue weighted by atomic mass is 10.0. The topological polar surface area (TPSA) is 161 Å². The fourth-order valence-corrected chi connectivity index (χ4v) is 5.01. The van der Waals surface area contributed by atoms with Gasteiger partial charge in [0.25, 0.3) is 0 Å². The van der Waals surface area contributed by atoms with Gasteiger partial charge in [-0.2, -0.15) is 0 Å². The molecule has 6 N–H and O–H groups in total. The average Bonchev–Trinajstić information content (AvgIpc) is 3.29. The van der Waals surface area contributed by atoms with Gasteiger partial charge in [-0.1, -0.05) is 36.4 Å². The van der Waals surface area contributed by atoms with Crippen LogP contribution in [0.25, 0.3) is 10.9 Å². The van der Waals surface area contributed by atoms with E-state index in [1.165, 1.54) is 0 Å². The van der Waals surface area contributed by atoms with Gasteiger partial charge in [-0.25, -0.2) is 0 Å². The van der Waals surface area contributed by atoms with Crippen molar-refractivity contribution in [3.63, 3.8) is 0 Å².